The van der Waals surface area contributed by atoms with Gasteiger partial charge >= 0.3 is 5.97 Å². The highest BCUT2D eigenvalue weighted by atomic mass is 32.1. The predicted octanol–water partition coefficient (Wildman–Crippen LogP) is 2.70. The van der Waals surface area contributed by atoms with Crippen LogP contribution in [0, 0.1) is 6.92 Å². The molecule has 2 aromatic heterocycles. The van der Waals surface area contributed by atoms with E-state index < -0.39 is 12.0 Å². The number of thiazole rings is 1. The van der Waals surface area contributed by atoms with Gasteiger partial charge in [0.25, 0.3) is 0 Å². The molecule has 0 amide bonds. The number of hydrogen-bond donors (Lipinski definition) is 1. The molecule has 2 aromatic rings. The molecular formula is C13H14N2O2S2. The lowest BCUT2D eigenvalue weighted by Crippen LogP contribution is -2.38. The summed E-state index contributed by atoms with van der Waals surface area (Å²) in [5.41, 5.74) is 1.96. The van der Waals surface area contributed by atoms with E-state index in [9.17, 15) is 9.90 Å². The zero-order valence-corrected chi connectivity index (χ0v) is 12.1. The molecule has 0 aliphatic carbocycles. The third kappa shape index (κ3) is 2.43. The van der Waals surface area contributed by atoms with E-state index in [2.05, 4.69) is 4.98 Å². The van der Waals surface area contributed by atoms with Crippen molar-refractivity contribution in [1.29, 1.82) is 0 Å². The topological polar surface area (TPSA) is 53.4 Å². The molecule has 3 rings (SSSR count). The van der Waals surface area contributed by atoms with Crippen LogP contribution in [0.3, 0.4) is 0 Å². The summed E-state index contributed by atoms with van der Waals surface area (Å²) < 4.78 is 0. The highest BCUT2D eigenvalue weighted by molar-refractivity contribution is 7.10. The average molecular weight is 294 g/mol. The van der Waals surface area contributed by atoms with Gasteiger partial charge in [-0.05, 0) is 30.4 Å². The molecule has 19 heavy (non-hydrogen) atoms. The lowest BCUT2D eigenvalue weighted by atomic mass is 10.0. The van der Waals surface area contributed by atoms with Gasteiger partial charge in [-0.1, -0.05) is 0 Å². The fourth-order valence-corrected chi connectivity index (χ4v) is 4.18. The second kappa shape index (κ2) is 5.03. The standard InChI is InChI=1S/C13H14N2O2S2/c1-8-7-19-11(14-8)6-15-4-2-10-9(3-5-18-10)12(15)13(16)17/h3,5,7,12H,2,4,6H2,1H3,(H,16,17). The van der Waals surface area contributed by atoms with Crippen molar-refractivity contribution in [1.82, 2.24) is 9.88 Å². The molecule has 1 aliphatic heterocycles. The normalized spacial score (nSPS) is 19.3. The van der Waals surface area contributed by atoms with Crippen molar-refractivity contribution < 1.29 is 9.90 Å². The minimum absolute atomic E-state index is 0.529. The fraction of sp³-hybridized carbons (Fsp3) is 0.385. The number of hydrogen-bond acceptors (Lipinski definition) is 5. The van der Waals surface area contributed by atoms with Crippen molar-refractivity contribution >= 4 is 28.6 Å². The first-order chi connectivity index (χ1) is 9.15. The molecule has 6 heteroatoms. The Morgan fingerprint density at radius 2 is 2.42 bits per heavy atom. The van der Waals surface area contributed by atoms with Crippen LogP contribution in [0.25, 0.3) is 0 Å². The quantitative estimate of drug-likeness (QED) is 0.945. The molecule has 0 aromatic carbocycles. The van der Waals surface area contributed by atoms with E-state index in [1.165, 1.54) is 4.88 Å². The first-order valence-corrected chi connectivity index (χ1v) is 7.85. The molecule has 1 unspecified atom stereocenters. The highest BCUT2D eigenvalue weighted by Crippen LogP contribution is 2.34. The minimum Gasteiger partial charge on any atom is -0.480 e. The van der Waals surface area contributed by atoms with Gasteiger partial charge in [0.15, 0.2) is 0 Å². The van der Waals surface area contributed by atoms with Crippen LogP contribution in [-0.2, 0) is 17.8 Å². The number of carbonyl (C=O) groups is 1. The van der Waals surface area contributed by atoms with E-state index in [0.29, 0.717) is 6.54 Å². The third-order valence-corrected chi connectivity index (χ3v) is 5.25. The monoisotopic (exact) mass is 294 g/mol. The molecule has 3 heterocycles. The summed E-state index contributed by atoms with van der Waals surface area (Å²) in [6.45, 7) is 3.36. The van der Waals surface area contributed by atoms with E-state index in [1.807, 2.05) is 28.7 Å². The molecule has 0 saturated carbocycles. The molecule has 4 nitrogen and oxygen atoms in total. The van der Waals surface area contributed by atoms with E-state index >= 15 is 0 Å². The average Bonchev–Trinajstić information content (AvgIpc) is 2.97. The Morgan fingerprint density at radius 1 is 1.58 bits per heavy atom. The summed E-state index contributed by atoms with van der Waals surface area (Å²) >= 11 is 3.25. The van der Waals surface area contributed by atoms with Crippen LogP contribution in [0.4, 0.5) is 0 Å². The van der Waals surface area contributed by atoms with Crippen molar-refractivity contribution in [3.8, 4) is 0 Å². The first-order valence-electron chi connectivity index (χ1n) is 6.09. The van der Waals surface area contributed by atoms with Crippen LogP contribution in [-0.4, -0.2) is 27.5 Å². The van der Waals surface area contributed by atoms with Gasteiger partial charge in [-0.15, -0.1) is 22.7 Å². The van der Waals surface area contributed by atoms with Crippen molar-refractivity contribution in [2.75, 3.05) is 6.54 Å². The maximum Gasteiger partial charge on any atom is 0.325 e. The number of carboxylic acid groups (broad SMARTS) is 1. The maximum atomic E-state index is 11.6. The summed E-state index contributed by atoms with van der Waals surface area (Å²) in [4.78, 5) is 19.2. The largest absolute Gasteiger partial charge is 0.480 e. The summed E-state index contributed by atoms with van der Waals surface area (Å²) in [7, 11) is 0. The van der Waals surface area contributed by atoms with E-state index in [-0.39, 0.29) is 0 Å². The van der Waals surface area contributed by atoms with Crippen LogP contribution < -0.4 is 0 Å². The molecule has 1 atom stereocenters. The van der Waals surface area contributed by atoms with Crippen molar-refractivity contribution in [2.24, 2.45) is 0 Å². The Kier molecular flexibility index (Phi) is 3.38. The lowest BCUT2D eigenvalue weighted by molar-refractivity contribution is -0.144. The second-order valence-electron chi connectivity index (χ2n) is 4.64. The van der Waals surface area contributed by atoms with Crippen LogP contribution in [0.15, 0.2) is 16.8 Å². The van der Waals surface area contributed by atoms with E-state index in [4.69, 9.17) is 0 Å². The van der Waals surface area contributed by atoms with Gasteiger partial charge in [-0.2, -0.15) is 0 Å². The number of carboxylic acids is 1. The maximum absolute atomic E-state index is 11.6. The van der Waals surface area contributed by atoms with Gasteiger partial charge in [0, 0.05) is 22.5 Å². The number of rotatable bonds is 3. The molecular weight excluding hydrogens is 280 g/mol. The first kappa shape index (κ1) is 12.8. The molecule has 1 aliphatic rings. The summed E-state index contributed by atoms with van der Waals surface area (Å²) in [6.07, 6.45) is 0.932. The number of aryl methyl sites for hydroxylation is 1. The van der Waals surface area contributed by atoms with E-state index in [0.717, 1.165) is 29.2 Å². The van der Waals surface area contributed by atoms with Gasteiger partial charge in [-0.3, -0.25) is 9.69 Å². The molecule has 0 bridgehead atoms. The molecule has 0 radical (unpaired) electrons. The molecule has 0 spiro atoms. The van der Waals surface area contributed by atoms with Crippen LogP contribution in [0.1, 0.15) is 27.2 Å². The number of fused-ring (bicyclic) bond motifs is 1. The SMILES string of the molecule is Cc1csc(CN2CCc3sccc3C2C(=O)O)n1. The van der Waals surface area contributed by atoms with Gasteiger partial charge in [0.2, 0.25) is 0 Å². The minimum atomic E-state index is -0.771. The van der Waals surface area contributed by atoms with Crippen LogP contribution in [0.5, 0.6) is 0 Å². The summed E-state index contributed by atoms with van der Waals surface area (Å²) in [6, 6.07) is 1.41. The zero-order valence-electron chi connectivity index (χ0n) is 10.5. The Bertz CT molecular complexity index is 605. The Balaban J connectivity index is 1.87. The summed E-state index contributed by atoms with van der Waals surface area (Å²) in [5, 5.41) is 14.5. The highest BCUT2D eigenvalue weighted by Gasteiger charge is 2.33. The van der Waals surface area contributed by atoms with Crippen LogP contribution in [0.2, 0.25) is 0 Å². The van der Waals surface area contributed by atoms with Gasteiger partial charge in [0.1, 0.15) is 11.0 Å². The number of aromatic nitrogens is 1. The lowest BCUT2D eigenvalue weighted by Gasteiger charge is -2.32. The van der Waals surface area contributed by atoms with Crippen molar-refractivity contribution in [3.05, 3.63) is 38.0 Å². The number of thiophene rings is 1. The van der Waals surface area contributed by atoms with Gasteiger partial charge in [-0.25, -0.2) is 4.98 Å². The second-order valence-corrected chi connectivity index (χ2v) is 6.59. The predicted molar refractivity (Wildman–Crippen MR) is 75.7 cm³/mol. The zero-order chi connectivity index (χ0) is 13.4. The Labute approximate surface area is 119 Å². The molecule has 0 saturated heterocycles. The van der Waals surface area contributed by atoms with Crippen molar-refractivity contribution in [3.63, 3.8) is 0 Å². The fourth-order valence-electron chi connectivity index (χ4n) is 2.48. The smallest absolute Gasteiger partial charge is 0.325 e. The Hall–Kier alpha value is -1.24. The van der Waals surface area contributed by atoms with Crippen LogP contribution >= 0.6 is 22.7 Å². The van der Waals surface area contributed by atoms with E-state index in [1.54, 1.807) is 22.7 Å². The number of aliphatic carboxylic acids is 1. The van der Waals surface area contributed by atoms with Gasteiger partial charge in [0.05, 0.1) is 6.54 Å². The third-order valence-electron chi connectivity index (χ3n) is 3.30. The molecule has 0 fully saturated rings. The van der Waals surface area contributed by atoms with Gasteiger partial charge < -0.3 is 5.11 Å². The Morgan fingerprint density at radius 3 is 3.11 bits per heavy atom. The van der Waals surface area contributed by atoms with Crippen molar-refractivity contribution in [2.45, 2.75) is 25.9 Å². The number of nitrogens with zero attached hydrogens (tertiary/aromatic N) is 2. The molecule has 100 valence electrons. The molecule has 1 N–H and O–H groups in total. The summed E-state index contributed by atoms with van der Waals surface area (Å²) in [5.74, 6) is -0.771.